The molecular weight excluding hydrogens is 328 g/mol. The largest absolute Gasteiger partial charge is 0.479 e. The summed E-state index contributed by atoms with van der Waals surface area (Å²) in [7, 11) is 0. The Morgan fingerprint density at radius 3 is 1.77 bits per heavy atom. The van der Waals surface area contributed by atoms with Gasteiger partial charge in [0.2, 0.25) is 0 Å². The Labute approximate surface area is 160 Å². The van der Waals surface area contributed by atoms with Crippen LogP contribution >= 0.6 is 0 Å². The van der Waals surface area contributed by atoms with Gasteiger partial charge in [-0.05, 0) is 39.0 Å². The van der Waals surface area contributed by atoms with E-state index in [2.05, 4.69) is 19.1 Å². The molecule has 0 rings (SSSR count). The topological polar surface area (TPSA) is 63.6 Å². The van der Waals surface area contributed by atoms with Gasteiger partial charge in [0, 0.05) is 6.42 Å². The van der Waals surface area contributed by atoms with Crippen LogP contribution in [0.25, 0.3) is 0 Å². The molecule has 1 atom stereocenters. The second-order valence-corrected chi connectivity index (χ2v) is 7.16. The minimum atomic E-state index is -1.10. The highest BCUT2D eigenvalue weighted by Gasteiger charge is 2.15. The van der Waals surface area contributed by atoms with E-state index in [9.17, 15) is 9.59 Å². The van der Waals surface area contributed by atoms with Crippen molar-refractivity contribution in [1.29, 1.82) is 0 Å². The van der Waals surface area contributed by atoms with Crippen LogP contribution in [-0.4, -0.2) is 23.1 Å². The molecule has 0 radical (unpaired) electrons. The number of esters is 1. The Bertz CT molecular complexity index is 376. The lowest BCUT2D eigenvalue weighted by Crippen LogP contribution is -2.23. The van der Waals surface area contributed by atoms with Crippen molar-refractivity contribution in [2.45, 2.75) is 116 Å². The lowest BCUT2D eigenvalue weighted by molar-refractivity contribution is -0.162. The molecule has 0 aliphatic heterocycles. The lowest BCUT2D eigenvalue weighted by atomic mass is 10.1. The Morgan fingerprint density at radius 2 is 1.27 bits per heavy atom. The van der Waals surface area contributed by atoms with Gasteiger partial charge in [0.1, 0.15) is 0 Å². The van der Waals surface area contributed by atoms with Gasteiger partial charge in [0.25, 0.3) is 0 Å². The number of aliphatic carboxylic acids is 1. The first kappa shape index (κ1) is 24.7. The van der Waals surface area contributed by atoms with E-state index in [1.807, 2.05) is 0 Å². The molecule has 0 saturated carbocycles. The van der Waals surface area contributed by atoms with Crippen molar-refractivity contribution >= 4 is 11.9 Å². The van der Waals surface area contributed by atoms with Crippen molar-refractivity contribution in [2.24, 2.45) is 0 Å². The highest BCUT2D eigenvalue weighted by molar-refractivity contribution is 5.77. The maximum atomic E-state index is 11.4. The van der Waals surface area contributed by atoms with Gasteiger partial charge < -0.3 is 9.84 Å². The molecule has 0 aromatic rings. The van der Waals surface area contributed by atoms with Crippen LogP contribution in [0.3, 0.4) is 0 Å². The predicted molar refractivity (Wildman–Crippen MR) is 107 cm³/mol. The Balaban J connectivity index is 3.28. The first-order chi connectivity index (χ1) is 12.6. The summed E-state index contributed by atoms with van der Waals surface area (Å²) in [6.07, 6.45) is 21.1. The Morgan fingerprint density at radius 1 is 0.808 bits per heavy atom. The van der Waals surface area contributed by atoms with Crippen LogP contribution in [0, 0.1) is 0 Å². The van der Waals surface area contributed by atoms with Crippen LogP contribution in [0.5, 0.6) is 0 Å². The SMILES string of the molecule is CCCCCCCCC/C=C\CCCCCCCC(=O)OC(C)C(=O)O. The van der Waals surface area contributed by atoms with E-state index < -0.39 is 18.0 Å². The fraction of sp³-hybridized carbons (Fsp3) is 0.818. The van der Waals surface area contributed by atoms with Crippen molar-refractivity contribution in [1.82, 2.24) is 0 Å². The monoisotopic (exact) mass is 368 g/mol. The van der Waals surface area contributed by atoms with Gasteiger partial charge >= 0.3 is 11.9 Å². The summed E-state index contributed by atoms with van der Waals surface area (Å²) in [6, 6.07) is 0. The average Bonchev–Trinajstić information content (AvgIpc) is 2.61. The summed E-state index contributed by atoms with van der Waals surface area (Å²) in [5.41, 5.74) is 0. The summed E-state index contributed by atoms with van der Waals surface area (Å²) in [5.74, 6) is -1.51. The molecule has 0 aliphatic carbocycles. The normalized spacial score (nSPS) is 12.4. The molecular formula is C22H40O4. The molecule has 1 N–H and O–H groups in total. The number of carboxylic acids is 1. The van der Waals surface area contributed by atoms with Gasteiger partial charge in [-0.2, -0.15) is 0 Å². The van der Waals surface area contributed by atoms with E-state index in [0.717, 1.165) is 25.7 Å². The van der Waals surface area contributed by atoms with E-state index >= 15 is 0 Å². The molecule has 0 bridgehead atoms. The number of carbonyl (C=O) groups excluding carboxylic acids is 1. The second-order valence-electron chi connectivity index (χ2n) is 7.16. The third-order valence-corrected chi connectivity index (χ3v) is 4.55. The average molecular weight is 369 g/mol. The molecule has 1 unspecified atom stereocenters. The predicted octanol–water partition coefficient (Wildman–Crippen LogP) is 6.43. The van der Waals surface area contributed by atoms with Crippen molar-refractivity contribution in [3.63, 3.8) is 0 Å². The minimum absolute atomic E-state index is 0.315. The van der Waals surface area contributed by atoms with Crippen LogP contribution in [0.1, 0.15) is 110 Å². The number of carbonyl (C=O) groups is 2. The molecule has 4 heteroatoms. The van der Waals surface area contributed by atoms with Crippen molar-refractivity contribution in [3.8, 4) is 0 Å². The van der Waals surface area contributed by atoms with Crippen molar-refractivity contribution in [2.75, 3.05) is 0 Å². The first-order valence-electron chi connectivity index (χ1n) is 10.6. The third kappa shape index (κ3) is 17.5. The van der Waals surface area contributed by atoms with Crippen LogP contribution < -0.4 is 0 Å². The number of ether oxygens (including phenoxy) is 1. The quantitative estimate of drug-likeness (QED) is 0.172. The summed E-state index contributed by atoms with van der Waals surface area (Å²) >= 11 is 0. The van der Waals surface area contributed by atoms with Crippen LogP contribution in [0.15, 0.2) is 12.2 Å². The lowest BCUT2D eigenvalue weighted by Gasteiger charge is -2.08. The van der Waals surface area contributed by atoms with Crippen molar-refractivity contribution in [3.05, 3.63) is 12.2 Å². The van der Waals surface area contributed by atoms with E-state index in [1.54, 1.807) is 0 Å². The Kier molecular flexibility index (Phi) is 17.5. The number of hydrogen-bond donors (Lipinski definition) is 1. The molecule has 0 aromatic heterocycles. The molecule has 0 spiro atoms. The molecule has 26 heavy (non-hydrogen) atoms. The minimum Gasteiger partial charge on any atom is -0.479 e. The van der Waals surface area contributed by atoms with E-state index in [4.69, 9.17) is 9.84 Å². The first-order valence-corrected chi connectivity index (χ1v) is 10.6. The fourth-order valence-electron chi connectivity index (χ4n) is 2.82. The van der Waals surface area contributed by atoms with Gasteiger partial charge in [-0.1, -0.05) is 76.9 Å². The second kappa shape index (κ2) is 18.5. The van der Waals surface area contributed by atoms with Crippen LogP contribution in [-0.2, 0) is 14.3 Å². The molecule has 0 saturated heterocycles. The molecule has 0 heterocycles. The molecule has 0 aromatic carbocycles. The van der Waals surface area contributed by atoms with Crippen molar-refractivity contribution < 1.29 is 19.4 Å². The summed E-state index contributed by atoms with van der Waals surface area (Å²) < 4.78 is 4.79. The number of allylic oxidation sites excluding steroid dienone is 2. The van der Waals surface area contributed by atoms with Crippen LogP contribution in [0.2, 0.25) is 0 Å². The zero-order chi connectivity index (χ0) is 19.5. The maximum Gasteiger partial charge on any atom is 0.344 e. The zero-order valence-corrected chi connectivity index (χ0v) is 17.0. The van der Waals surface area contributed by atoms with Gasteiger partial charge in [0.05, 0.1) is 0 Å². The van der Waals surface area contributed by atoms with Crippen LogP contribution in [0.4, 0.5) is 0 Å². The van der Waals surface area contributed by atoms with Gasteiger partial charge in [-0.25, -0.2) is 4.79 Å². The molecule has 0 amide bonds. The highest BCUT2D eigenvalue weighted by Crippen LogP contribution is 2.11. The smallest absolute Gasteiger partial charge is 0.344 e. The molecule has 152 valence electrons. The summed E-state index contributed by atoms with van der Waals surface area (Å²) in [4.78, 5) is 22.0. The molecule has 0 aliphatic rings. The van der Waals surface area contributed by atoms with E-state index in [0.29, 0.717) is 6.42 Å². The Hall–Kier alpha value is -1.32. The zero-order valence-electron chi connectivity index (χ0n) is 17.0. The summed E-state index contributed by atoms with van der Waals surface area (Å²) in [5, 5.41) is 8.66. The van der Waals surface area contributed by atoms with E-state index in [1.165, 1.54) is 71.1 Å². The third-order valence-electron chi connectivity index (χ3n) is 4.55. The standard InChI is InChI=1S/C22H40O4/c1-3-4-5-6-7-8-9-10-11-12-13-14-15-16-17-18-19-21(23)26-20(2)22(24)25/h11-12,20H,3-10,13-19H2,1-2H3,(H,24,25)/b12-11-. The van der Waals surface area contributed by atoms with Gasteiger partial charge in [0.15, 0.2) is 6.10 Å². The maximum absolute atomic E-state index is 11.4. The van der Waals surface area contributed by atoms with Gasteiger partial charge in [-0.3, -0.25) is 4.79 Å². The fourth-order valence-corrected chi connectivity index (χ4v) is 2.82. The van der Waals surface area contributed by atoms with E-state index in [-0.39, 0.29) is 0 Å². The number of hydrogen-bond acceptors (Lipinski definition) is 3. The number of rotatable bonds is 18. The molecule has 0 fully saturated rings. The summed E-state index contributed by atoms with van der Waals surface area (Å²) in [6.45, 7) is 3.63. The molecule has 4 nitrogen and oxygen atoms in total. The number of carboxylic acid groups (broad SMARTS) is 1. The van der Waals surface area contributed by atoms with Gasteiger partial charge in [-0.15, -0.1) is 0 Å². The highest BCUT2D eigenvalue weighted by atomic mass is 16.6. The number of unbranched alkanes of at least 4 members (excludes halogenated alkanes) is 12.